The van der Waals surface area contributed by atoms with E-state index in [-0.39, 0.29) is 0 Å². The van der Waals surface area contributed by atoms with Crippen molar-refractivity contribution in [1.82, 2.24) is 14.8 Å². The van der Waals surface area contributed by atoms with E-state index in [0.717, 1.165) is 4.47 Å². The van der Waals surface area contributed by atoms with E-state index in [9.17, 15) is 4.39 Å². The van der Waals surface area contributed by atoms with Gasteiger partial charge in [-0.1, -0.05) is 0 Å². The first-order valence-corrected chi connectivity index (χ1v) is 4.37. The van der Waals surface area contributed by atoms with Crippen LogP contribution in [0, 0.1) is 5.95 Å². The third-order valence-electron chi connectivity index (χ3n) is 1.53. The lowest BCUT2D eigenvalue weighted by Crippen LogP contribution is -1.95. The monoisotopic (exact) mass is 241 g/mol. The van der Waals surface area contributed by atoms with Crippen LogP contribution < -0.4 is 0 Å². The lowest BCUT2D eigenvalue weighted by molar-refractivity contribution is 0.581. The van der Waals surface area contributed by atoms with E-state index in [4.69, 9.17) is 0 Å². The number of hydrogen-bond donors (Lipinski definition) is 0. The summed E-state index contributed by atoms with van der Waals surface area (Å²) < 4.78 is 15.1. The minimum Gasteiger partial charge on any atom is -0.240 e. The molecule has 0 spiro atoms. The molecule has 0 saturated heterocycles. The van der Waals surface area contributed by atoms with Crippen LogP contribution in [-0.4, -0.2) is 14.8 Å². The summed E-state index contributed by atoms with van der Waals surface area (Å²) in [6.45, 7) is 0. The van der Waals surface area contributed by atoms with Gasteiger partial charge in [-0.05, 0) is 22.0 Å². The van der Waals surface area contributed by atoms with E-state index in [0.29, 0.717) is 5.69 Å². The maximum absolute atomic E-state index is 12.7. The van der Waals surface area contributed by atoms with Crippen LogP contribution >= 0.6 is 15.9 Å². The molecule has 2 aromatic rings. The van der Waals surface area contributed by atoms with Gasteiger partial charge in [-0.2, -0.15) is 9.49 Å². The molecule has 0 unspecified atom stereocenters. The summed E-state index contributed by atoms with van der Waals surface area (Å²) in [5.74, 6) is -0.510. The number of halogens is 2. The molecule has 0 aliphatic carbocycles. The molecule has 0 bridgehead atoms. The molecule has 2 rings (SSSR count). The van der Waals surface area contributed by atoms with Crippen molar-refractivity contribution in [2.24, 2.45) is 0 Å². The lowest BCUT2D eigenvalue weighted by Gasteiger charge is -1.98. The molecule has 3 nitrogen and oxygen atoms in total. The topological polar surface area (TPSA) is 30.7 Å². The summed E-state index contributed by atoms with van der Waals surface area (Å²) in [4.78, 5) is 3.45. The summed E-state index contributed by atoms with van der Waals surface area (Å²) in [6, 6.07) is 3.00. The van der Waals surface area contributed by atoms with Crippen molar-refractivity contribution in [1.29, 1.82) is 0 Å². The third-order valence-corrected chi connectivity index (χ3v) is 1.94. The highest BCUT2D eigenvalue weighted by atomic mass is 79.9. The molecule has 0 fully saturated rings. The van der Waals surface area contributed by atoms with E-state index in [1.165, 1.54) is 12.3 Å². The summed E-state index contributed by atoms with van der Waals surface area (Å²) >= 11 is 3.26. The zero-order valence-corrected chi connectivity index (χ0v) is 8.07. The van der Waals surface area contributed by atoms with Gasteiger partial charge in [0.1, 0.15) is 0 Å². The second-order valence-electron chi connectivity index (χ2n) is 2.44. The fraction of sp³-hybridized carbons (Fsp3) is 0. The first-order chi connectivity index (χ1) is 6.25. The van der Waals surface area contributed by atoms with Gasteiger partial charge in [0, 0.05) is 18.5 Å². The number of hydrogen-bond acceptors (Lipinski definition) is 2. The van der Waals surface area contributed by atoms with Crippen LogP contribution in [0.2, 0.25) is 0 Å². The van der Waals surface area contributed by atoms with Gasteiger partial charge in [0.05, 0.1) is 16.4 Å². The summed E-state index contributed by atoms with van der Waals surface area (Å²) in [5, 5.41) is 4.00. The zero-order valence-electron chi connectivity index (χ0n) is 6.48. The highest BCUT2D eigenvalue weighted by molar-refractivity contribution is 9.10. The van der Waals surface area contributed by atoms with Crippen LogP contribution in [-0.2, 0) is 0 Å². The normalized spacial score (nSPS) is 10.3. The smallest absolute Gasteiger partial charge is 0.214 e. The van der Waals surface area contributed by atoms with E-state index >= 15 is 0 Å². The lowest BCUT2D eigenvalue weighted by atomic mass is 10.4. The molecule has 66 valence electrons. The average molecular weight is 242 g/mol. The van der Waals surface area contributed by atoms with E-state index in [2.05, 4.69) is 26.0 Å². The molecular weight excluding hydrogens is 237 g/mol. The fourth-order valence-electron chi connectivity index (χ4n) is 0.977. The van der Waals surface area contributed by atoms with Crippen molar-refractivity contribution in [3.63, 3.8) is 0 Å². The summed E-state index contributed by atoms with van der Waals surface area (Å²) in [6.07, 6.45) is 4.79. The maximum Gasteiger partial charge on any atom is 0.214 e. The first-order valence-electron chi connectivity index (χ1n) is 3.58. The summed E-state index contributed by atoms with van der Waals surface area (Å²) in [5.41, 5.74) is 0.651. The average Bonchev–Trinajstić information content (AvgIpc) is 2.52. The highest BCUT2D eigenvalue weighted by Crippen LogP contribution is 2.11. The van der Waals surface area contributed by atoms with Crippen molar-refractivity contribution >= 4 is 15.9 Å². The fourth-order valence-corrected chi connectivity index (χ4v) is 1.26. The van der Waals surface area contributed by atoms with Crippen LogP contribution in [0.25, 0.3) is 5.69 Å². The van der Waals surface area contributed by atoms with Crippen LogP contribution in [0.1, 0.15) is 0 Å². The van der Waals surface area contributed by atoms with Gasteiger partial charge in [-0.25, -0.2) is 9.67 Å². The number of rotatable bonds is 1. The second-order valence-corrected chi connectivity index (χ2v) is 3.36. The minimum absolute atomic E-state index is 0.510. The van der Waals surface area contributed by atoms with Crippen molar-refractivity contribution in [2.75, 3.05) is 0 Å². The SMILES string of the molecule is Fc1cc(-n2cc(Br)cn2)ccn1. The number of pyridine rings is 1. The Labute approximate surface area is 82.3 Å². The van der Waals surface area contributed by atoms with Gasteiger partial charge in [-0.3, -0.25) is 0 Å². The predicted molar refractivity (Wildman–Crippen MR) is 49.0 cm³/mol. The van der Waals surface area contributed by atoms with E-state index < -0.39 is 5.95 Å². The van der Waals surface area contributed by atoms with Crippen LogP contribution in [0.5, 0.6) is 0 Å². The minimum atomic E-state index is -0.510. The first kappa shape index (κ1) is 8.37. The molecule has 5 heteroatoms. The Balaban J connectivity index is 2.46. The van der Waals surface area contributed by atoms with Crippen molar-refractivity contribution in [3.8, 4) is 5.69 Å². The molecule has 0 N–H and O–H groups in total. The predicted octanol–water partition coefficient (Wildman–Crippen LogP) is 2.17. The second kappa shape index (κ2) is 3.26. The Morgan fingerprint density at radius 1 is 1.46 bits per heavy atom. The van der Waals surface area contributed by atoms with Crippen molar-refractivity contribution in [3.05, 3.63) is 41.1 Å². The number of nitrogens with zero attached hydrogens (tertiary/aromatic N) is 3. The molecule has 0 aromatic carbocycles. The molecule has 2 aromatic heterocycles. The van der Waals surface area contributed by atoms with Crippen LogP contribution in [0.3, 0.4) is 0 Å². The van der Waals surface area contributed by atoms with Gasteiger partial charge in [0.25, 0.3) is 0 Å². The molecule has 2 heterocycles. The Kier molecular flexibility index (Phi) is 2.10. The van der Waals surface area contributed by atoms with Gasteiger partial charge in [0.2, 0.25) is 5.95 Å². The van der Waals surface area contributed by atoms with Gasteiger partial charge in [-0.15, -0.1) is 0 Å². The molecule has 0 amide bonds. The largest absolute Gasteiger partial charge is 0.240 e. The van der Waals surface area contributed by atoms with Crippen LogP contribution in [0.15, 0.2) is 35.2 Å². The highest BCUT2D eigenvalue weighted by Gasteiger charge is 1.99. The zero-order chi connectivity index (χ0) is 9.26. The third kappa shape index (κ3) is 1.75. The Hall–Kier alpha value is -1.23. The van der Waals surface area contributed by atoms with Crippen molar-refractivity contribution in [2.45, 2.75) is 0 Å². The molecule has 0 saturated carbocycles. The maximum atomic E-state index is 12.7. The molecule has 0 aliphatic rings. The van der Waals surface area contributed by atoms with E-state index in [1.54, 1.807) is 23.1 Å². The quantitative estimate of drug-likeness (QED) is 0.717. The van der Waals surface area contributed by atoms with Crippen molar-refractivity contribution < 1.29 is 4.39 Å². The Morgan fingerprint density at radius 3 is 2.92 bits per heavy atom. The summed E-state index contributed by atoms with van der Waals surface area (Å²) in [7, 11) is 0. The van der Waals surface area contributed by atoms with Gasteiger partial charge >= 0.3 is 0 Å². The molecule has 0 aliphatic heterocycles. The Bertz CT molecular complexity index is 427. The van der Waals surface area contributed by atoms with Gasteiger partial charge < -0.3 is 0 Å². The van der Waals surface area contributed by atoms with E-state index in [1.807, 2.05) is 0 Å². The molecule has 0 radical (unpaired) electrons. The molecule has 0 atom stereocenters. The number of aromatic nitrogens is 3. The van der Waals surface area contributed by atoms with Crippen LogP contribution in [0.4, 0.5) is 4.39 Å². The Morgan fingerprint density at radius 2 is 2.31 bits per heavy atom. The standard InChI is InChI=1S/C8H5BrFN3/c9-6-4-12-13(5-6)7-1-2-11-8(10)3-7/h1-5H. The molecular formula is C8H5BrFN3. The van der Waals surface area contributed by atoms with Gasteiger partial charge in [0.15, 0.2) is 0 Å². The molecule has 13 heavy (non-hydrogen) atoms.